The van der Waals surface area contributed by atoms with Crippen LogP contribution in [-0.4, -0.2) is 39.2 Å². The fourth-order valence-corrected chi connectivity index (χ4v) is 4.27. The van der Waals surface area contributed by atoms with Crippen LogP contribution in [-0.2, 0) is 20.9 Å². The maximum atomic E-state index is 12.6. The van der Waals surface area contributed by atoms with Crippen molar-refractivity contribution in [1.29, 1.82) is 0 Å². The fraction of sp³-hybridized carbons (Fsp3) is 0.316. The minimum Gasteiger partial charge on any atom is -0.465 e. The molecule has 0 atom stereocenters. The molecule has 1 aliphatic rings. The summed E-state index contributed by atoms with van der Waals surface area (Å²) in [7, 11) is 0. The Labute approximate surface area is 169 Å². The van der Waals surface area contributed by atoms with E-state index in [0.29, 0.717) is 11.5 Å². The van der Waals surface area contributed by atoms with Crippen LogP contribution in [0.3, 0.4) is 0 Å². The average molecular weight is 451 g/mol. The van der Waals surface area contributed by atoms with Gasteiger partial charge in [-0.05, 0) is 56.8 Å². The molecule has 0 bridgehead atoms. The van der Waals surface area contributed by atoms with Gasteiger partial charge in [-0.3, -0.25) is 19.3 Å². The summed E-state index contributed by atoms with van der Waals surface area (Å²) in [5.74, 6) is -0.620. The number of aromatic nitrogens is 1. The van der Waals surface area contributed by atoms with Gasteiger partial charge in [0.15, 0.2) is 0 Å². The first kappa shape index (κ1) is 19.7. The van der Waals surface area contributed by atoms with Crippen molar-refractivity contribution in [2.75, 3.05) is 6.61 Å². The second kappa shape index (κ2) is 7.90. The van der Waals surface area contributed by atoms with Crippen LogP contribution in [0.25, 0.3) is 17.0 Å². The summed E-state index contributed by atoms with van der Waals surface area (Å²) in [6.45, 7) is 5.77. The van der Waals surface area contributed by atoms with Gasteiger partial charge in [-0.2, -0.15) is 0 Å². The van der Waals surface area contributed by atoms with E-state index < -0.39 is 0 Å². The Kier molecular flexibility index (Phi) is 5.76. The summed E-state index contributed by atoms with van der Waals surface area (Å²) in [4.78, 5) is 38.2. The Balaban J connectivity index is 2.04. The van der Waals surface area contributed by atoms with Crippen LogP contribution >= 0.6 is 27.7 Å². The number of hydrogen-bond acceptors (Lipinski definition) is 5. The van der Waals surface area contributed by atoms with Crippen LogP contribution in [0.1, 0.15) is 26.3 Å². The number of fused-ring (bicyclic) bond motifs is 1. The number of benzene rings is 1. The smallest absolute Gasteiger partial charge is 0.325 e. The normalized spacial score (nSPS) is 16.2. The summed E-state index contributed by atoms with van der Waals surface area (Å²) >= 11 is 4.39. The minimum atomic E-state index is -0.330. The number of esters is 1. The van der Waals surface area contributed by atoms with Crippen LogP contribution in [0.5, 0.6) is 0 Å². The molecule has 2 heterocycles. The SMILES string of the molecule is CCOC(=O)Cn1cc(/C=C2\SC(=O)N(C(C)C)C2=O)c2cc(Br)ccc21. The van der Waals surface area contributed by atoms with E-state index >= 15 is 0 Å². The molecule has 1 saturated heterocycles. The second-order valence-electron chi connectivity index (χ2n) is 6.32. The van der Waals surface area contributed by atoms with Crippen molar-refractivity contribution in [1.82, 2.24) is 9.47 Å². The van der Waals surface area contributed by atoms with Gasteiger partial charge in [0.2, 0.25) is 0 Å². The van der Waals surface area contributed by atoms with Crippen molar-refractivity contribution in [3.05, 3.63) is 39.3 Å². The largest absolute Gasteiger partial charge is 0.465 e. The predicted molar refractivity (Wildman–Crippen MR) is 109 cm³/mol. The van der Waals surface area contributed by atoms with Gasteiger partial charge < -0.3 is 9.30 Å². The van der Waals surface area contributed by atoms with Crippen LogP contribution in [0.4, 0.5) is 4.79 Å². The lowest BCUT2D eigenvalue weighted by atomic mass is 10.1. The number of carbonyl (C=O) groups is 3. The fourth-order valence-electron chi connectivity index (χ4n) is 2.95. The van der Waals surface area contributed by atoms with Crippen molar-refractivity contribution in [2.24, 2.45) is 0 Å². The zero-order chi connectivity index (χ0) is 19.7. The molecule has 1 fully saturated rings. The zero-order valence-corrected chi connectivity index (χ0v) is 17.6. The number of thioether (sulfide) groups is 1. The van der Waals surface area contributed by atoms with Crippen molar-refractivity contribution >= 4 is 61.8 Å². The molecule has 1 aliphatic heterocycles. The number of ether oxygens (including phenoxy) is 1. The summed E-state index contributed by atoms with van der Waals surface area (Å²) in [6.07, 6.45) is 3.51. The molecule has 27 heavy (non-hydrogen) atoms. The molecule has 3 rings (SSSR count). The molecule has 1 aromatic heterocycles. The van der Waals surface area contributed by atoms with Crippen LogP contribution in [0.2, 0.25) is 0 Å². The lowest BCUT2D eigenvalue weighted by Gasteiger charge is -2.16. The molecule has 142 valence electrons. The third kappa shape index (κ3) is 3.96. The van der Waals surface area contributed by atoms with Gasteiger partial charge in [0, 0.05) is 33.2 Å². The highest BCUT2D eigenvalue weighted by atomic mass is 79.9. The molecular weight excluding hydrogens is 432 g/mol. The highest BCUT2D eigenvalue weighted by Gasteiger charge is 2.36. The van der Waals surface area contributed by atoms with Gasteiger partial charge in [0.1, 0.15) is 6.54 Å². The van der Waals surface area contributed by atoms with Crippen LogP contribution in [0, 0.1) is 0 Å². The number of rotatable bonds is 5. The number of carbonyl (C=O) groups excluding carboxylic acids is 3. The number of nitrogens with zero attached hydrogens (tertiary/aromatic N) is 2. The van der Waals surface area contributed by atoms with Crippen molar-refractivity contribution in [3.63, 3.8) is 0 Å². The lowest BCUT2D eigenvalue weighted by Crippen LogP contribution is -2.34. The quantitative estimate of drug-likeness (QED) is 0.498. The molecule has 2 aromatic rings. The van der Waals surface area contributed by atoms with E-state index in [9.17, 15) is 14.4 Å². The van der Waals surface area contributed by atoms with Gasteiger partial charge in [0.05, 0.1) is 11.5 Å². The number of amides is 2. The molecule has 0 N–H and O–H groups in total. The van der Waals surface area contributed by atoms with Gasteiger partial charge in [-0.1, -0.05) is 15.9 Å². The third-order valence-corrected chi connectivity index (χ3v) is 5.48. The van der Waals surface area contributed by atoms with Crippen LogP contribution in [0.15, 0.2) is 33.8 Å². The topological polar surface area (TPSA) is 68.6 Å². The molecule has 0 unspecified atom stereocenters. The van der Waals surface area contributed by atoms with E-state index in [0.717, 1.165) is 32.7 Å². The summed E-state index contributed by atoms with van der Waals surface area (Å²) < 4.78 is 7.71. The lowest BCUT2D eigenvalue weighted by molar-refractivity contribution is -0.143. The summed E-state index contributed by atoms with van der Waals surface area (Å²) in [6, 6.07) is 5.52. The number of halogens is 1. The van der Waals surface area contributed by atoms with E-state index in [1.807, 2.05) is 32.0 Å². The third-order valence-electron chi connectivity index (χ3n) is 4.11. The molecule has 0 spiro atoms. The molecule has 0 aliphatic carbocycles. The molecule has 0 radical (unpaired) electrons. The van der Waals surface area contributed by atoms with Gasteiger partial charge in [0.25, 0.3) is 11.1 Å². The maximum Gasteiger partial charge on any atom is 0.325 e. The molecule has 8 heteroatoms. The number of imide groups is 1. The van der Waals surface area contributed by atoms with E-state index in [4.69, 9.17) is 4.74 Å². The minimum absolute atomic E-state index is 0.0767. The highest BCUT2D eigenvalue weighted by Crippen LogP contribution is 2.35. The van der Waals surface area contributed by atoms with E-state index in [1.54, 1.807) is 23.8 Å². The van der Waals surface area contributed by atoms with Gasteiger partial charge in [-0.25, -0.2) is 0 Å². The Morgan fingerprint density at radius 1 is 1.33 bits per heavy atom. The molecular formula is C19H19BrN2O4S. The first-order valence-corrected chi connectivity index (χ1v) is 10.1. The van der Waals surface area contributed by atoms with E-state index in [2.05, 4.69) is 15.9 Å². The monoisotopic (exact) mass is 450 g/mol. The second-order valence-corrected chi connectivity index (χ2v) is 8.23. The zero-order valence-electron chi connectivity index (χ0n) is 15.2. The first-order chi connectivity index (χ1) is 12.8. The number of hydrogen-bond donors (Lipinski definition) is 0. The first-order valence-electron chi connectivity index (χ1n) is 8.53. The highest BCUT2D eigenvalue weighted by molar-refractivity contribution is 9.10. The maximum absolute atomic E-state index is 12.6. The Bertz CT molecular complexity index is 964. The standard InChI is InChI=1S/C19H19BrN2O4S/c1-4-26-17(23)10-21-9-12(14-8-13(20)5-6-15(14)21)7-16-18(24)22(11(2)3)19(25)27-16/h5-9,11H,4,10H2,1-3H3/b16-7-. The van der Waals surface area contributed by atoms with Gasteiger partial charge in [-0.15, -0.1) is 0 Å². The van der Waals surface area contributed by atoms with Crippen molar-refractivity contribution in [2.45, 2.75) is 33.4 Å². The molecule has 1 aromatic carbocycles. The van der Waals surface area contributed by atoms with Crippen molar-refractivity contribution < 1.29 is 19.1 Å². The molecule has 2 amide bonds. The van der Waals surface area contributed by atoms with Crippen LogP contribution < -0.4 is 0 Å². The summed E-state index contributed by atoms with van der Waals surface area (Å²) in [5, 5.41) is 0.614. The Morgan fingerprint density at radius 3 is 2.70 bits per heavy atom. The molecule has 0 saturated carbocycles. The summed E-state index contributed by atoms with van der Waals surface area (Å²) in [5.41, 5.74) is 1.62. The molecule has 6 nitrogen and oxygen atoms in total. The Morgan fingerprint density at radius 2 is 2.07 bits per heavy atom. The average Bonchev–Trinajstić information content (AvgIpc) is 3.05. The predicted octanol–water partition coefficient (Wildman–Crippen LogP) is 4.41. The van der Waals surface area contributed by atoms with Crippen molar-refractivity contribution in [3.8, 4) is 0 Å². The Hall–Kier alpha value is -2.06. The van der Waals surface area contributed by atoms with E-state index in [-0.39, 0.29) is 29.7 Å². The van der Waals surface area contributed by atoms with Gasteiger partial charge >= 0.3 is 5.97 Å². The van der Waals surface area contributed by atoms with E-state index in [1.165, 1.54) is 4.90 Å².